The van der Waals surface area contributed by atoms with Gasteiger partial charge in [-0.25, -0.2) is 0 Å². The Bertz CT molecular complexity index is 1070. The van der Waals surface area contributed by atoms with E-state index in [2.05, 4.69) is 0 Å². The van der Waals surface area contributed by atoms with Gasteiger partial charge in [0.25, 0.3) is 0 Å². The summed E-state index contributed by atoms with van der Waals surface area (Å²) in [5.41, 5.74) is 0.984. The molecular formula is C20H16O4. The van der Waals surface area contributed by atoms with Gasteiger partial charge in [0.1, 0.15) is 24.4 Å². The monoisotopic (exact) mass is 320 g/mol. The Morgan fingerprint density at radius 3 is 2.00 bits per heavy atom. The lowest BCUT2D eigenvalue weighted by Gasteiger charge is -2.35. The Morgan fingerprint density at radius 2 is 1.25 bits per heavy atom. The minimum absolute atomic E-state index is 0.478. The van der Waals surface area contributed by atoms with Crippen LogP contribution in [0.5, 0.6) is 0 Å². The quantitative estimate of drug-likeness (QED) is 0.375. The zero-order valence-corrected chi connectivity index (χ0v) is 12.7. The Hall–Kier alpha value is -2.24. The molecule has 4 aromatic rings. The van der Waals surface area contributed by atoms with Crippen molar-refractivity contribution in [3.63, 3.8) is 0 Å². The summed E-state index contributed by atoms with van der Waals surface area (Å²) >= 11 is 0. The molecule has 0 spiro atoms. The first kappa shape index (κ1) is 14.1. The van der Waals surface area contributed by atoms with E-state index in [1.165, 1.54) is 0 Å². The van der Waals surface area contributed by atoms with E-state index in [1.54, 1.807) is 0 Å². The third kappa shape index (κ3) is 1.61. The average Bonchev–Trinajstić information content (AvgIpc) is 2.62. The first-order chi connectivity index (χ1) is 11.6. The lowest BCUT2D eigenvalue weighted by Crippen LogP contribution is -2.41. The highest BCUT2D eigenvalue weighted by molar-refractivity contribution is 6.23. The molecule has 0 saturated carbocycles. The van der Waals surface area contributed by atoms with E-state index in [-0.39, 0.29) is 0 Å². The van der Waals surface area contributed by atoms with E-state index < -0.39 is 24.4 Å². The lowest BCUT2D eigenvalue weighted by molar-refractivity contribution is -0.119. The fourth-order valence-corrected chi connectivity index (χ4v) is 4.16. The number of rotatable bonds is 0. The molecule has 0 amide bonds. The molecule has 2 unspecified atom stereocenters. The summed E-state index contributed by atoms with van der Waals surface area (Å²) in [5, 5.41) is 47.1. The third-order valence-corrected chi connectivity index (χ3v) is 5.33. The van der Waals surface area contributed by atoms with E-state index >= 15 is 0 Å². The highest BCUT2D eigenvalue weighted by Crippen LogP contribution is 2.45. The number of fused-ring (bicyclic) bond motifs is 2. The van der Waals surface area contributed by atoms with Gasteiger partial charge in [0.2, 0.25) is 0 Å². The predicted octanol–water partition coefficient (Wildman–Crippen LogP) is 2.39. The normalized spacial score (nSPS) is 27.2. The summed E-state index contributed by atoms with van der Waals surface area (Å²) < 4.78 is 0. The largest absolute Gasteiger partial charge is 0.387 e. The van der Waals surface area contributed by atoms with Gasteiger partial charge in [-0.1, -0.05) is 42.5 Å². The van der Waals surface area contributed by atoms with Crippen molar-refractivity contribution in [3.8, 4) is 0 Å². The van der Waals surface area contributed by atoms with Gasteiger partial charge in [-0.2, -0.15) is 0 Å². The van der Waals surface area contributed by atoms with Gasteiger partial charge < -0.3 is 20.4 Å². The van der Waals surface area contributed by atoms with Gasteiger partial charge in [-0.15, -0.1) is 0 Å². The van der Waals surface area contributed by atoms with Crippen LogP contribution in [0.4, 0.5) is 0 Å². The second-order valence-electron chi connectivity index (χ2n) is 6.61. The minimum Gasteiger partial charge on any atom is -0.387 e. The number of hydrogen-bond donors (Lipinski definition) is 4. The third-order valence-electron chi connectivity index (χ3n) is 5.33. The molecule has 0 fully saturated rings. The molecule has 0 bridgehead atoms. The Labute approximate surface area is 137 Å². The zero-order valence-electron chi connectivity index (χ0n) is 12.7. The minimum atomic E-state index is -1.41. The second-order valence-corrected chi connectivity index (χ2v) is 6.61. The number of aliphatic hydroxyl groups is 4. The highest BCUT2D eigenvalue weighted by atomic mass is 16.4. The van der Waals surface area contributed by atoms with Crippen LogP contribution in [0.25, 0.3) is 32.3 Å². The SMILES string of the molecule is OC1c2cc3ccc4cccc5ccc(c2C(O)[C@@H](O)[C@@H]1O)c3c45. The van der Waals surface area contributed by atoms with Crippen molar-refractivity contribution in [2.45, 2.75) is 24.4 Å². The van der Waals surface area contributed by atoms with E-state index in [9.17, 15) is 20.4 Å². The Balaban J connectivity index is 2.01. The van der Waals surface area contributed by atoms with Crippen LogP contribution in [0, 0.1) is 0 Å². The lowest BCUT2D eigenvalue weighted by atomic mass is 9.78. The molecule has 120 valence electrons. The first-order valence-electron chi connectivity index (χ1n) is 8.00. The van der Waals surface area contributed by atoms with Crippen molar-refractivity contribution >= 4 is 32.3 Å². The van der Waals surface area contributed by atoms with Crippen LogP contribution >= 0.6 is 0 Å². The molecule has 5 rings (SSSR count). The van der Waals surface area contributed by atoms with Crippen LogP contribution in [0.2, 0.25) is 0 Å². The molecule has 24 heavy (non-hydrogen) atoms. The maximum absolute atomic E-state index is 10.5. The molecule has 0 aliphatic heterocycles. The summed E-state index contributed by atoms with van der Waals surface area (Å²) in [4.78, 5) is 0. The van der Waals surface area contributed by atoms with Crippen LogP contribution < -0.4 is 0 Å². The van der Waals surface area contributed by atoms with Crippen LogP contribution in [0.1, 0.15) is 23.3 Å². The van der Waals surface area contributed by atoms with E-state index in [4.69, 9.17) is 0 Å². The number of hydrogen-bond acceptors (Lipinski definition) is 4. The topological polar surface area (TPSA) is 80.9 Å². The molecule has 4 heteroatoms. The van der Waals surface area contributed by atoms with Crippen molar-refractivity contribution in [2.75, 3.05) is 0 Å². The van der Waals surface area contributed by atoms with Gasteiger partial charge in [0, 0.05) is 0 Å². The zero-order chi connectivity index (χ0) is 16.6. The van der Waals surface area contributed by atoms with Crippen molar-refractivity contribution < 1.29 is 20.4 Å². The summed E-state index contributed by atoms with van der Waals surface area (Å²) in [6.45, 7) is 0. The fraction of sp³-hybridized carbons (Fsp3) is 0.200. The van der Waals surface area contributed by atoms with Gasteiger partial charge in [-0.3, -0.25) is 0 Å². The smallest absolute Gasteiger partial charge is 0.113 e. The van der Waals surface area contributed by atoms with Crippen LogP contribution in [-0.4, -0.2) is 32.6 Å². The predicted molar refractivity (Wildman–Crippen MR) is 92.1 cm³/mol. The average molecular weight is 320 g/mol. The van der Waals surface area contributed by atoms with E-state index in [0.717, 1.165) is 32.3 Å². The van der Waals surface area contributed by atoms with Crippen LogP contribution in [0.15, 0.2) is 48.5 Å². The molecule has 1 aliphatic carbocycles. The van der Waals surface area contributed by atoms with Gasteiger partial charge in [0.15, 0.2) is 0 Å². The summed E-state index contributed by atoms with van der Waals surface area (Å²) in [6.07, 6.45) is -5.27. The van der Waals surface area contributed by atoms with Crippen LogP contribution in [-0.2, 0) is 0 Å². The van der Waals surface area contributed by atoms with Crippen molar-refractivity contribution in [1.82, 2.24) is 0 Å². The molecule has 4 nitrogen and oxygen atoms in total. The summed E-state index contributed by atoms with van der Waals surface area (Å²) in [5.74, 6) is 0. The standard InChI is InChI=1S/C20H16O4/c21-17-13-8-11-5-4-9-2-1-3-10-6-7-12(15(11)14(9)10)16(13)18(22)20(24)19(17)23/h1-8,17-24H/t17?,18?,19-,20-/m1/s1. The van der Waals surface area contributed by atoms with E-state index in [0.29, 0.717) is 11.1 Å². The molecule has 1 aliphatic rings. The molecule has 0 aromatic heterocycles. The van der Waals surface area contributed by atoms with Gasteiger partial charge >= 0.3 is 0 Å². The summed E-state index contributed by atoms with van der Waals surface area (Å²) in [7, 11) is 0. The second kappa shape index (κ2) is 4.65. The first-order valence-corrected chi connectivity index (χ1v) is 8.00. The summed E-state index contributed by atoms with van der Waals surface area (Å²) in [6, 6.07) is 15.8. The van der Waals surface area contributed by atoms with Crippen molar-refractivity contribution in [2.24, 2.45) is 0 Å². The highest BCUT2D eigenvalue weighted by Gasteiger charge is 2.41. The van der Waals surface area contributed by atoms with Crippen molar-refractivity contribution in [1.29, 1.82) is 0 Å². The number of benzene rings is 4. The molecular weight excluding hydrogens is 304 g/mol. The van der Waals surface area contributed by atoms with E-state index in [1.807, 2.05) is 48.5 Å². The van der Waals surface area contributed by atoms with Crippen LogP contribution in [0.3, 0.4) is 0 Å². The van der Waals surface area contributed by atoms with Gasteiger partial charge in [-0.05, 0) is 49.5 Å². The molecule has 4 N–H and O–H groups in total. The maximum Gasteiger partial charge on any atom is 0.113 e. The maximum atomic E-state index is 10.5. The Kier molecular flexibility index (Phi) is 2.74. The molecule has 4 aromatic carbocycles. The van der Waals surface area contributed by atoms with Gasteiger partial charge in [0.05, 0.1) is 0 Å². The van der Waals surface area contributed by atoms with Crippen molar-refractivity contribution in [3.05, 3.63) is 59.7 Å². The fourth-order valence-electron chi connectivity index (χ4n) is 4.16. The molecule has 4 atom stereocenters. The molecule has 0 saturated heterocycles. The molecule has 0 radical (unpaired) electrons. The Morgan fingerprint density at radius 1 is 0.625 bits per heavy atom. The molecule has 0 heterocycles. The number of aliphatic hydroxyl groups excluding tert-OH is 4.